The van der Waals surface area contributed by atoms with Gasteiger partial charge in [0.2, 0.25) is 11.8 Å². The van der Waals surface area contributed by atoms with Crippen molar-refractivity contribution < 1.29 is 24.5 Å². The third kappa shape index (κ3) is 5.96. The van der Waals surface area contributed by atoms with Gasteiger partial charge in [-0.1, -0.05) is 0 Å². The first-order valence-electron chi connectivity index (χ1n) is 6.98. The second-order valence-corrected chi connectivity index (χ2v) is 5.49. The average molecular weight is 303 g/mol. The van der Waals surface area contributed by atoms with Crippen LogP contribution in [0.4, 0.5) is 0 Å². The Balaban J connectivity index is 2.38. The molecule has 8 nitrogen and oxygen atoms in total. The molecule has 1 aliphatic rings. The highest BCUT2D eigenvalue weighted by Gasteiger charge is 2.43. The maximum absolute atomic E-state index is 11.7. The van der Waals surface area contributed by atoms with Crippen LogP contribution in [-0.2, 0) is 14.3 Å². The maximum atomic E-state index is 11.7. The van der Waals surface area contributed by atoms with Gasteiger partial charge >= 0.3 is 0 Å². The van der Waals surface area contributed by atoms with Crippen LogP contribution in [0.3, 0.4) is 0 Å². The van der Waals surface area contributed by atoms with E-state index in [2.05, 4.69) is 10.6 Å². The first kappa shape index (κ1) is 17.8. The molecule has 2 amide bonds. The summed E-state index contributed by atoms with van der Waals surface area (Å²) in [6.07, 6.45) is -3.75. The number of aliphatic hydroxyl groups excluding tert-OH is 2. The van der Waals surface area contributed by atoms with Gasteiger partial charge in [0.25, 0.3) is 0 Å². The van der Waals surface area contributed by atoms with E-state index in [4.69, 9.17) is 4.74 Å². The van der Waals surface area contributed by atoms with Crippen molar-refractivity contribution in [2.45, 2.75) is 37.8 Å². The molecule has 0 aliphatic carbocycles. The molecule has 0 aromatic carbocycles. The summed E-state index contributed by atoms with van der Waals surface area (Å²) < 4.78 is 5.45. The van der Waals surface area contributed by atoms with Crippen LogP contribution in [0.2, 0.25) is 0 Å². The molecule has 0 unspecified atom stereocenters. The number of carbonyl (C=O) groups excluding carboxylic acids is 2. The Morgan fingerprint density at radius 2 is 1.76 bits per heavy atom. The number of hydrogen-bond acceptors (Lipinski definition) is 6. The number of hydrogen-bond donors (Lipinski definition) is 4. The van der Waals surface area contributed by atoms with E-state index in [1.165, 1.54) is 6.92 Å². The van der Waals surface area contributed by atoms with Crippen molar-refractivity contribution in [3.05, 3.63) is 0 Å². The molecule has 1 aliphatic heterocycles. The number of aliphatic hydroxyl groups is 2. The summed E-state index contributed by atoms with van der Waals surface area (Å²) in [6, 6.07) is 0. The van der Waals surface area contributed by atoms with E-state index in [9.17, 15) is 19.8 Å². The molecular weight excluding hydrogens is 278 g/mol. The Morgan fingerprint density at radius 3 is 2.33 bits per heavy atom. The van der Waals surface area contributed by atoms with Crippen LogP contribution in [0.1, 0.15) is 13.3 Å². The molecule has 4 atom stereocenters. The summed E-state index contributed by atoms with van der Waals surface area (Å²) in [5, 5.41) is 25.0. The monoisotopic (exact) mass is 303 g/mol. The lowest BCUT2D eigenvalue weighted by Gasteiger charge is -2.15. The highest BCUT2D eigenvalue weighted by molar-refractivity contribution is 5.76. The van der Waals surface area contributed by atoms with E-state index in [1.807, 2.05) is 19.0 Å². The molecule has 122 valence electrons. The first-order valence-corrected chi connectivity index (χ1v) is 6.98. The van der Waals surface area contributed by atoms with Gasteiger partial charge in [-0.05, 0) is 14.1 Å². The van der Waals surface area contributed by atoms with Crippen LogP contribution < -0.4 is 10.6 Å². The molecule has 0 bridgehead atoms. The molecule has 0 spiro atoms. The molecule has 0 aromatic rings. The van der Waals surface area contributed by atoms with Gasteiger partial charge in [-0.2, -0.15) is 0 Å². The SMILES string of the molecule is CC(=O)NC[C@H]1O[C@@H](CC(=O)NCCN(C)C)[C@H](O)[C@@H]1O. The fraction of sp³-hybridized carbons (Fsp3) is 0.846. The second-order valence-electron chi connectivity index (χ2n) is 5.49. The van der Waals surface area contributed by atoms with Crippen LogP contribution in [0, 0.1) is 0 Å². The summed E-state index contributed by atoms with van der Waals surface area (Å²) >= 11 is 0. The Hall–Kier alpha value is -1.22. The van der Waals surface area contributed by atoms with Crippen LogP contribution in [-0.4, -0.2) is 85.1 Å². The van der Waals surface area contributed by atoms with Gasteiger partial charge in [0.05, 0.1) is 12.5 Å². The number of amides is 2. The van der Waals surface area contributed by atoms with Gasteiger partial charge in [0.1, 0.15) is 18.3 Å². The lowest BCUT2D eigenvalue weighted by Crippen LogP contribution is -2.39. The molecule has 21 heavy (non-hydrogen) atoms. The Labute approximate surface area is 124 Å². The van der Waals surface area contributed by atoms with E-state index in [1.54, 1.807) is 0 Å². The molecule has 0 aromatic heterocycles. The lowest BCUT2D eigenvalue weighted by molar-refractivity contribution is -0.125. The van der Waals surface area contributed by atoms with Crippen LogP contribution in [0.25, 0.3) is 0 Å². The number of rotatable bonds is 7. The van der Waals surface area contributed by atoms with Gasteiger partial charge in [0.15, 0.2) is 0 Å². The predicted octanol–water partition coefficient (Wildman–Crippen LogP) is -2.32. The van der Waals surface area contributed by atoms with E-state index >= 15 is 0 Å². The predicted molar refractivity (Wildman–Crippen MR) is 75.5 cm³/mol. The van der Waals surface area contributed by atoms with Crippen molar-refractivity contribution in [1.29, 1.82) is 0 Å². The summed E-state index contributed by atoms with van der Waals surface area (Å²) in [5.74, 6) is -0.488. The smallest absolute Gasteiger partial charge is 0.222 e. The Kier molecular flexibility index (Phi) is 7.03. The van der Waals surface area contributed by atoms with Crippen molar-refractivity contribution in [3.8, 4) is 0 Å². The number of nitrogens with one attached hydrogen (secondary N) is 2. The molecule has 1 saturated heterocycles. The topological polar surface area (TPSA) is 111 Å². The highest BCUT2D eigenvalue weighted by Crippen LogP contribution is 2.23. The zero-order valence-corrected chi connectivity index (χ0v) is 12.7. The number of nitrogens with zero attached hydrogens (tertiary/aromatic N) is 1. The molecule has 1 fully saturated rings. The summed E-state index contributed by atoms with van der Waals surface area (Å²) in [6.45, 7) is 2.68. The highest BCUT2D eigenvalue weighted by atomic mass is 16.5. The van der Waals surface area contributed by atoms with Gasteiger partial charge in [-0.25, -0.2) is 0 Å². The molecule has 8 heteroatoms. The Bertz CT molecular complexity index is 364. The van der Waals surface area contributed by atoms with Gasteiger partial charge in [-0.15, -0.1) is 0 Å². The van der Waals surface area contributed by atoms with E-state index in [-0.39, 0.29) is 24.8 Å². The van der Waals surface area contributed by atoms with Gasteiger partial charge in [0, 0.05) is 26.6 Å². The van der Waals surface area contributed by atoms with E-state index < -0.39 is 24.4 Å². The number of ether oxygens (including phenoxy) is 1. The quantitative estimate of drug-likeness (QED) is 0.420. The number of carbonyl (C=O) groups is 2. The minimum atomic E-state index is -1.14. The zero-order chi connectivity index (χ0) is 16.0. The van der Waals surface area contributed by atoms with E-state index in [0.717, 1.165) is 0 Å². The molecule has 1 heterocycles. The van der Waals surface area contributed by atoms with Crippen LogP contribution in [0.15, 0.2) is 0 Å². The Morgan fingerprint density at radius 1 is 1.14 bits per heavy atom. The maximum Gasteiger partial charge on any atom is 0.222 e. The van der Waals surface area contributed by atoms with E-state index in [0.29, 0.717) is 13.1 Å². The van der Waals surface area contributed by atoms with Crippen molar-refractivity contribution in [2.75, 3.05) is 33.7 Å². The minimum absolute atomic E-state index is 0.0256. The summed E-state index contributed by atoms with van der Waals surface area (Å²) in [5.41, 5.74) is 0. The van der Waals surface area contributed by atoms with Gasteiger partial charge < -0.3 is 30.5 Å². The average Bonchev–Trinajstić information content (AvgIpc) is 2.64. The molecular formula is C13H25N3O5. The summed E-state index contributed by atoms with van der Waals surface area (Å²) in [7, 11) is 3.80. The van der Waals surface area contributed by atoms with Crippen molar-refractivity contribution >= 4 is 11.8 Å². The second kappa shape index (κ2) is 8.28. The molecule has 0 saturated carbocycles. The van der Waals surface area contributed by atoms with Crippen molar-refractivity contribution in [1.82, 2.24) is 15.5 Å². The molecule has 0 radical (unpaired) electrons. The van der Waals surface area contributed by atoms with Crippen molar-refractivity contribution in [3.63, 3.8) is 0 Å². The first-order chi connectivity index (χ1) is 9.81. The zero-order valence-electron chi connectivity index (χ0n) is 12.7. The largest absolute Gasteiger partial charge is 0.388 e. The van der Waals surface area contributed by atoms with Gasteiger partial charge in [-0.3, -0.25) is 9.59 Å². The fourth-order valence-corrected chi connectivity index (χ4v) is 2.08. The third-order valence-corrected chi connectivity index (χ3v) is 3.28. The summed E-state index contributed by atoms with van der Waals surface area (Å²) in [4.78, 5) is 24.5. The lowest BCUT2D eigenvalue weighted by atomic mass is 10.1. The fourth-order valence-electron chi connectivity index (χ4n) is 2.08. The molecule has 1 rings (SSSR count). The number of likely N-dealkylation sites (N-methyl/N-ethyl adjacent to an activating group) is 1. The molecule has 4 N–H and O–H groups in total. The standard InChI is InChI=1S/C13H25N3O5/c1-8(17)15-7-10-13(20)12(19)9(21-10)6-11(18)14-4-5-16(2)3/h9-10,12-13,19-20H,4-7H2,1-3H3,(H,14,18)(H,15,17)/t9-,10+,12-,13+/m0/s1. The van der Waals surface area contributed by atoms with Crippen LogP contribution in [0.5, 0.6) is 0 Å². The van der Waals surface area contributed by atoms with Crippen LogP contribution >= 0.6 is 0 Å². The third-order valence-electron chi connectivity index (χ3n) is 3.28. The minimum Gasteiger partial charge on any atom is -0.388 e. The normalized spacial score (nSPS) is 28.7. The van der Waals surface area contributed by atoms with Crippen molar-refractivity contribution in [2.24, 2.45) is 0 Å².